The van der Waals surface area contributed by atoms with Crippen molar-refractivity contribution in [3.8, 4) is 0 Å². The average Bonchev–Trinajstić information content (AvgIpc) is 2.63. The Morgan fingerprint density at radius 2 is 1.74 bits per heavy atom. The van der Waals surface area contributed by atoms with Gasteiger partial charge in [0.15, 0.2) is 0 Å². The van der Waals surface area contributed by atoms with Gasteiger partial charge in [-0.15, -0.1) is 0 Å². The summed E-state index contributed by atoms with van der Waals surface area (Å²) in [4.78, 5) is 12.7. The number of nitrogens with zero attached hydrogens (tertiary/aromatic N) is 1. The Morgan fingerprint density at radius 3 is 2.33 bits per heavy atom. The second-order valence-corrected chi connectivity index (χ2v) is 8.74. The Kier molecular flexibility index (Phi) is 5.55. The molecule has 0 aromatic heterocycles. The molecule has 3 N–H and O–H groups in total. The summed E-state index contributed by atoms with van der Waals surface area (Å²) in [5.74, 6) is -0.331. The van der Waals surface area contributed by atoms with E-state index in [9.17, 15) is 13.2 Å². The normalized spacial score (nSPS) is 15.6. The number of nitrogens with one attached hydrogen (secondary N) is 1. The van der Waals surface area contributed by atoms with E-state index in [4.69, 9.17) is 17.3 Å². The summed E-state index contributed by atoms with van der Waals surface area (Å²) in [5, 5.41) is 3.33. The molecule has 1 aliphatic heterocycles. The van der Waals surface area contributed by atoms with Gasteiger partial charge in [0.2, 0.25) is 10.0 Å². The number of carbonyl (C=O) groups excluding carboxylic acids is 1. The highest BCUT2D eigenvalue weighted by atomic mass is 35.5. The van der Waals surface area contributed by atoms with Gasteiger partial charge in [0.05, 0.1) is 11.4 Å². The van der Waals surface area contributed by atoms with Gasteiger partial charge in [-0.2, -0.15) is 4.31 Å². The summed E-state index contributed by atoms with van der Waals surface area (Å²) in [6, 6.07) is 13.4. The molecule has 142 valence electrons. The number of amides is 1. The third kappa shape index (κ3) is 4.32. The van der Waals surface area contributed by atoms with E-state index in [1.54, 1.807) is 48.5 Å². The van der Waals surface area contributed by atoms with Crippen LogP contribution in [0.25, 0.3) is 0 Å². The highest BCUT2D eigenvalue weighted by molar-refractivity contribution is 7.89. The molecule has 0 atom stereocenters. The number of carbonyl (C=O) groups is 1. The van der Waals surface area contributed by atoms with Gasteiger partial charge in [0, 0.05) is 28.5 Å². The molecule has 1 heterocycles. The largest absolute Gasteiger partial charge is 0.401 e. The van der Waals surface area contributed by atoms with Crippen molar-refractivity contribution in [1.29, 1.82) is 0 Å². The van der Waals surface area contributed by atoms with E-state index >= 15 is 0 Å². The maximum Gasteiger partial charge on any atom is 0.253 e. The van der Waals surface area contributed by atoms with Crippen molar-refractivity contribution in [3.63, 3.8) is 0 Å². The highest BCUT2D eigenvalue weighted by Gasteiger charge is 2.30. The Balaban J connectivity index is 1.75. The van der Waals surface area contributed by atoms with Crippen LogP contribution in [0.1, 0.15) is 12.0 Å². The maximum atomic E-state index is 12.8. The van der Waals surface area contributed by atoms with Crippen LogP contribution in [0, 0.1) is 6.92 Å². The molecule has 1 amide bonds. The third-order valence-corrected chi connectivity index (χ3v) is 6.49. The van der Waals surface area contributed by atoms with Crippen LogP contribution in [0.2, 0.25) is 5.02 Å². The van der Waals surface area contributed by atoms with Crippen molar-refractivity contribution >= 4 is 33.2 Å². The van der Waals surface area contributed by atoms with E-state index in [0.29, 0.717) is 16.3 Å². The fourth-order valence-corrected chi connectivity index (χ4v) is 4.37. The van der Waals surface area contributed by atoms with Crippen LogP contribution in [-0.2, 0) is 14.8 Å². The molecule has 3 rings (SSSR count). The topological polar surface area (TPSA) is 92.5 Å². The van der Waals surface area contributed by atoms with Crippen LogP contribution in [0.3, 0.4) is 0 Å². The zero-order chi connectivity index (χ0) is 19.6. The van der Waals surface area contributed by atoms with Crippen LogP contribution in [0.5, 0.6) is 0 Å². The van der Waals surface area contributed by atoms with Crippen molar-refractivity contribution < 1.29 is 13.2 Å². The van der Waals surface area contributed by atoms with E-state index < -0.39 is 10.0 Å². The average molecular weight is 406 g/mol. The summed E-state index contributed by atoms with van der Waals surface area (Å²) in [6.07, 6.45) is 0.246. The van der Waals surface area contributed by atoms with E-state index in [2.05, 4.69) is 5.32 Å². The molecule has 0 aliphatic carbocycles. The zero-order valence-electron chi connectivity index (χ0n) is 14.8. The molecular weight excluding hydrogens is 386 g/mol. The molecule has 2 aromatic carbocycles. The van der Waals surface area contributed by atoms with Gasteiger partial charge in [-0.1, -0.05) is 29.3 Å². The number of hydrogen-bond donors (Lipinski definition) is 2. The molecule has 1 aliphatic rings. The minimum absolute atomic E-state index is 0.0143. The van der Waals surface area contributed by atoms with Crippen LogP contribution >= 0.6 is 11.6 Å². The summed E-state index contributed by atoms with van der Waals surface area (Å²) in [5.41, 5.74) is 8.27. The number of aryl methyl sites for hydroxylation is 1. The van der Waals surface area contributed by atoms with Gasteiger partial charge in [-0.05, 0) is 49.7 Å². The first-order chi connectivity index (χ1) is 12.8. The predicted molar refractivity (Wildman–Crippen MR) is 106 cm³/mol. The lowest BCUT2D eigenvalue weighted by molar-refractivity contribution is -0.113. The summed E-state index contributed by atoms with van der Waals surface area (Å²) in [7, 11) is -3.65. The maximum absolute atomic E-state index is 12.8. The molecule has 2 aromatic rings. The summed E-state index contributed by atoms with van der Waals surface area (Å²) in [6.45, 7) is 2.07. The molecule has 27 heavy (non-hydrogen) atoms. The molecule has 0 fully saturated rings. The number of rotatable bonds is 4. The minimum atomic E-state index is -3.65. The number of hydrogen-bond acceptors (Lipinski definition) is 4. The van der Waals surface area contributed by atoms with Gasteiger partial charge in [0.25, 0.3) is 5.91 Å². The molecule has 0 unspecified atom stereocenters. The molecule has 0 saturated heterocycles. The quantitative estimate of drug-likeness (QED) is 0.817. The lowest BCUT2D eigenvalue weighted by atomic mass is 10.1. The van der Waals surface area contributed by atoms with Crippen molar-refractivity contribution in [2.75, 3.05) is 18.4 Å². The minimum Gasteiger partial charge on any atom is -0.401 e. The van der Waals surface area contributed by atoms with Crippen molar-refractivity contribution in [2.24, 2.45) is 5.73 Å². The molecule has 0 radical (unpaired) electrons. The lowest BCUT2D eigenvalue weighted by Crippen LogP contribution is -2.40. The molecule has 0 saturated carbocycles. The first kappa shape index (κ1) is 19.4. The molecule has 8 heteroatoms. The smallest absolute Gasteiger partial charge is 0.253 e. The fraction of sp³-hybridized carbons (Fsp3) is 0.211. The van der Waals surface area contributed by atoms with Gasteiger partial charge < -0.3 is 11.1 Å². The lowest BCUT2D eigenvalue weighted by Gasteiger charge is -2.28. The molecular formula is C19H20ClN3O3S. The van der Waals surface area contributed by atoms with Gasteiger partial charge in [-0.25, -0.2) is 8.42 Å². The van der Waals surface area contributed by atoms with Crippen molar-refractivity contribution in [3.05, 3.63) is 70.4 Å². The van der Waals surface area contributed by atoms with Gasteiger partial charge in [0.1, 0.15) is 0 Å². The summed E-state index contributed by atoms with van der Waals surface area (Å²) >= 11 is 5.83. The third-order valence-electron chi connectivity index (χ3n) is 4.38. The molecule has 0 spiro atoms. The first-order valence-electron chi connectivity index (χ1n) is 8.38. The monoisotopic (exact) mass is 405 g/mol. The van der Waals surface area contributed by atoms with Gasteiger partial charge in [-0.3, -0.25) is 4.79 Å². The number of benzene rings is 2. The summed E-state index contributed by atoms with van der Waals surface area (Å²) < 4.78 is 26.9. The van der Waals surface area contributed by atoms with Crippen molar-refractivity contribution in [1.82, 2.24) is 4.31 Å². The number of anilines is 1. The Hall–Kier alpha value is -2.35. The number of halogens is 1. The fourth-order valence-electron chi connectivity index (χ4n) is 2.83. The van der Waals surface area contributed by atoms with E-state index in [1.165, 1.54) is 4.31 Å². The first-order valence-corrected chi connectivity index (χ1v) is 10.2. The SMILES string of the molecule is Cc1ccc(S(=O)(=O)N2CCC(C(=O)Nc3ccc(Cl)cc3)=C(N)C2)cc1. The predicted octanol–water partition coefficient (Wildman–Crippen LogP) is 2.89. The zero-order valence-corrected chi connectivity index (χ0v) is 16.3. The number of nitrogens with two attached hydrogens (primary N) is 1. The van der Waals surface area contributed by atoms with E-state index in [1.807, 2.05) is 6.92 Å². The van der Waals surface area contributed by atoms with Crippen LogP contribution in [0.4, 0.5) is 5.69 Å². The van der Waals surface area contributed by atoms with Crippen LogP contribution in [0.15, 0.2) is 64.7 Å². The standard InChI is InChI=1S/C19H20ClN3O3S/c1-13-2-8-16(9-3-13)27(25,26)23-11-10-17(18(21)12-23)19(24)22-15-6-4-14(20)5-7-15/h2-9H,10-12,21H2,1H3,(H,22,24). The highest BCUT2D eigenvalue weighted by Crippen LogP contribution is 2.24. The molecule has 6 nitrogen and oxygen atoms in total. The Morgan fingerprint density at radius 1 is 1.11 bits per heavy atom. The molecule has 0 bridgehead atoms. The van der Waals surface area contributed by atoms with Crippen LogP contribution < -0.4 is 11.1 Å². The second kappa shape index (κ2) is 7.72. The van der Waals surface area contributed by atoms with Crippen molar-refractivity contribution in [2.45, 2.75) is 18.2 Å². The van der Waals surface area contributed by atoms with Gasteiger partial charge >= 0.3 is 0 Å². The second-order valence-electron chi connectivity index (χ2n) is 6.37. The Bertz CT molecular complexity index is 984. The van der Waals surface area contributed by atoms with Crippen LogP contribution in [-0.4, -0.2) is 31.7 Å². The van der Waals surface area contributed by atoms with E-state index in [-0.39, 0.29) is 36.0 Å². The Labute approximate surface area is 163 Å². The number of sulfonamides is 1. The van der Waals surface area contributed by atoms with E-state index in [0.717, 1.165) is 5.56 Å².